The summed E-state index contributed by atoms with van der Waals surface area (Å²) in [6.45, 7) is 3.61. The molecule has 2 fully saturated rings. The van der Waals surface area contributed by atoms with Gasteiger partial charge in [-0.1, -0.05) is 22.4 Å². The SMILES string of the molecule is Nc1ccc(Br)c(CN2CC3CCCC3C2)c1. The summed E-state index contributed by atoms with van der Waals surface area (Å²) in [5.41, 5.74) is 8.04. The van der Waals surface area contributed by atoms with E-state index in [0.29, 0.717) is 0 Å². The monoisotopic (exact) mass is 294 g/mol. The van der Waals surface area contributed by atoms with Crippen molar-refractivity contribution in [3.8, 4) is 0 Å². The van der Waals surface area contributed by atoms with Crippen molar-refractivity contribution in [3.63, 3.8) is 0 Å². The smallest absolute Gasteiger partial charge is 0.0318 e. The van der Waals surface area contributed by atoms with Crippen LogP contribution in [0.5, 0.6) is 0 Å². The molecular weight excluding hydrogens is 276 g/mol. The predicted octanol–water partition coefficient (Wildman–Crippen LogP) is 3.26. The van der Waals surface area contributed by atoms with Gasteiger partial charge in [0.15, 0.2) is 0 Å². The molecule has 1 heterocycles. The number of nitrogens with zero attached hydrogens (tertiary/aromatic N) is 1. The van der Waals surface area contributed by atoms with Gasteiger partial charge in [0.1, 0.15) is 0 Å². The number of halogens is 1. The fraction of sp³-hybridized carbons (Fsp3) is 0.571. The normalized spacial score (nSPS) is 28.5. The van der Waals surface area contributed by atoms with Crippen LogP contribution in [0, 0.1) is 11.8 Å². The molecule has 0 spiro atoms. The number of fused-ring (bicyclic) bond motifs is 1. The molecule has 3 rings (SSSR count). The van der Waals surface area contributed by atoms with Crippen molar-refractivity contribution in [3.05, 3.63) is 28.2 Å². The third kappa shape index (κ3) is 2.36. The quantitative estimate of drug-likeness (QED) is 0.849. The highest BCUT2D eigenvalue weighted by molar-refractivity contribution is 9.10. The first kappa shape index (κ1) is 11.5. The average molecular weight is 295 g/mol. The Kier molecular flexibility index (Phi) is 3.14. The van der Waals surface area contributed by atoms with Crippen molar-refractivity contribution >= 4 is 21.6 Å². The summed E-state index contributed by atoms with van der Waals surface area (Å²) in [6, 6.07) is 6.10. The summed E-state index contributed by atoms with van der Waals surface area (Å²) in [7, 11) is 0. The topological polar surface area (TPSA) is 29.3 Å². The molecule has 92 valence electrons. The standard InChI is InChI=1S/C14H19BrN2/c15-14-5-4-13(16)6-12(14)9-17-7-10-2-1-3-11(10)8-17/h4-6,10-11H,1-3,7-9,16H2. The van der Waals surface area contributed by atoms with Gasteiger partial charge in [-0.3, -0.25) is 4.90 Å². The van der Waals surface area contributed by atoms with Crippen molar-refractivity contribution in [2.24, 2.45) is 11.8 Å². The minimum Gasteiger partial charge on any atom is -0.399 e. The summed E-state index contributed by atoms with van der Waals surface area (Å²) in [5.74, 6) is 1.93. The minimum absolute atomic E-state index is 0.864. The molecule has 2 nitrogen and oxygen atoms in total. The molecule has 1 saturated heterocycles. The van der Waals surface area contributed by atoms with Crippen molar-refractivity contribution in [1.29, 1.82) is 0 Å². The van der Waals surface area contributed by atoms with Gasteiger partial charge in [0.05, 0.1) is 0 Å². The second-order valence-electron chi connectivity index (χ2n) is 5.50. The summed E-state index contributed by atoms with van der Waals surface area (Å²) in [4.78, 5) is 2.59. The van der Waals surface area contributed by atoms with Crippen LogP contribution >= 0.6 is 15.9 Å². The van der Waals surface area contributed by atoms with Crippen LogP contribution in [0.1, 0.15) is 24.8 Å². The van der Waals surface area contributed by atoms with Gasteiger partial charge in [0.2, 0.25) is 0 Å². The Morgan fingerprint density at radius 2 is 1.94 bits per heavy atom. The Labute approximate surface area is 111 Å². The third-order valence-corrected chi connectivity index (χ3v) is 5.04. The molecule has 0 amide bonds. The molecule has 1 aliphatic carbocycles. The van der Waals surface area contributed by atoms with E-state index in [2.05, 4.69) is 33.0 Å². The number of nitrogens with two attached hydrogens (primary N) is 1. The Morgan fingerprint density at radius 3 is 2.65 bits per heavy atom. The van der Waals surface area contributed by atoms with Gasteiger partial charge in [-0.2, -0.15) is 0 Å². The number of likely N-dealkylation sites (tertiary alicyclic amines) is 1. The first-order valence-corrected chi connectivity index (χ1v) is 7.28. The molecule has 2 atom stereocenters. The van der Waals surface area contributed by atoms with E-state index in [9.17, 15) is 0 Å². The Balaban J connectivity index is 1.69. The third-order valence-electron chi connectivity index (χ3n) is 4.27. The fourth-order valence-electron chi connectivity index (χ4n) is 3.42. The highest BCUT2D eigenvalue weighted by Crippen LogP contribution is 2.38. The second kappa shape index (κ2) is 4.62. The average Bonchev–Trinajstić information content (AvgIpc) is 2.83. The van der Waals surface area contributed by atoms with Crippen molar-refractivity contribution in [2.45, 2.75) is 25.8 Å². The molecule has 2 N–H and O–H groups in total. The van der Waals surface area contributed by atoms with E-state index < -0.39 is 0 Å². The van der Waals surface area contributed by atoms with E-state index in [1.165, 1.54) is 42.4 Å². The lowest BCUT2D eigenvalue weighted by atomic mass is 10.0. The van der Waals surface area contributed by atoms with Crippen LogP contribution in [0.25, 0.3) is 0 Å². The summed E-state index contributed by atoms with van der Waals surface area (Å²) in [6.07, 6.45) is 4.34. The van der Waals surface area contributed by atoms with E-state index >= 15 is 0 Å². The molecule has 0 bridgehead atoms. The lowest BCUT2D eigenvalue weighted by Gasteiger charge is -2.18. The molecule has 1 aromatic rings. The molecule has 1 aromatic carbocycles. The highest BCUT2D eigenvalue weighted by atomic mass is 79.9. The largest absolute Gasteiger partial charge is 0.399 e. The van der Waals surface area contributed by atoms with Gasteiger partial charge in [-0.25, -0.2) is 0 Å². The van der Waals surface area contributed by atoms with E-state index in [1.807, 2.05) is 6.07 Å². The molecule has 2 aliphatic rings. The molecule has 3 heteroatoms. The zero-order chi connectivity index (χ0) is 11.8. The van der Waals surface area contributed by atoms with Crippen LogP contribution in [0.15, 0.2) is 22.7 Å². The molecular formula is C14H19BrN2. The van der Waals surface area contributed by atoms with E-state index in [1.54, 1.807) is 0 Å². The lowest BCUT2D eigenvalue weighted by molar-refractivity contribution is 0.303. The number of nitrogen functional groups attached to an aromatic ring is 1. The maximum absolute atomic E-state index is 5.85. The zero-order valence-electron chi connectivity index (χ0n) is 10.0. The molecule has 2 unspecified atom stereocenters. The van der Waals surface area contributed by atoms with Gasteiger partial charge in [0, 0.05) is 29.8 Å². The molecule has 1 aliphatic heterocycles. The maximum atomic E-state index is 5.85. The van der Waals surface area contributed by atoms with Gasteiger partial charge >= 0.3 is 0 Å². The number of hydrogen-bond acceptors (Lipinski definition) is 2. The first-order valence-electron chi connectivity index (χ1n) is 6.48. The Hall–Kier alpha value is -0.540. The number of anilines is 1. The molecule has 0 aromatic heterocycles. The van der Waals surface area contributed by atoms with E-state index in [4.69, 9.17) is 5.73 Å². The van der Waals surface area contributed by atoms with Crippen LogP contribution in [0.4, 0.5) is 5.69 Å². The summed E-state index contributed by atoms with van der Waals surface area (Å²) < 4.78 is 1.18. The number of hydrogen-bond donors (Lipinski definition) is 1. The molecule has 1 saturated carbocycles. The van der Waals surface area contributed by atoms with Crippen LogP contribution in [0.3, 0.4) is 0 Å². The van der Waals surface area contributed by atoms with Gasteiger partial charge in [0.25, 0.3) is 0 Å². The lowest BCUT2D eigenvalue weighted by Crippen LogP contribution is -2.21. The maximum Gasteiger partial charge on any atom is 0.0318 e. The van der Waals surface area contributed by atoms with Gasteiger partial charge in [-0.15, -0.1) is 0 Å². The zero-order valence-corrected chi connectivity index (χ0v) is 11.6. The van der Waals surface area contributed by atoms with Crippen LogP contribution in [-0.4, -0.2) is 18.0 Å². The van der Waals surface area contributed by atoms with Crippen molar-refractivity contribution in [1.82, 2.24) is 4.90 Å². The van der Waals surface area contributed by atoms with Crippen molar-refractivity contribution in [2.75, 3.05) is 18.8 Å². The fourth-order valence-corrected chi connectivity index (χ4v) is 3.79. The molecule has 0 radical (unpaired) electrons. The summed E-state index contributed by atoms with van der Waals surface area (Å²) in [5, 5.41) is 0. The van der Waals surface area contributed by atoms with E-state index in [-0.39, 0.29) is 0 Å². The minimum atomic E-state index is 0.864. The van der Waals surface area contributed by atoms with Crippen LogP contribution in [0.2, 0.25) is 0 Å². The number of rotatable bonds is 2. The summed E-state index contributed by atoms with van der Waals surface area (Å²) >= 11 is 3.62. The predicted molar refractivity (Wildman–Crippen MR) is 74.7 cm³/mol. The second-order valence-corrected chi connectivity index (χ2v) is 6.35. The Bertz CT molecular complexity index is 407. The number of benzene rings is 1. The van der Waals surface area contributed by atoms with E-state index in [0.717, 1.165) is 24.1 Å². The van der Waals surface area contributed by atoms with Crippen molar-refractivity contribution < 1.29 is 0 Å². The van der Waals surface area contributed by atoms with Gasteiger partial charge in [-0.05, 0) is 48.4 Å². The van der Waals surface area contributed by atoms with Crippen LogP contribution in [-0.2, 0) is 6.54 Å². The Morgan fingerprint density at radius 1 is 1.24 bits per heavy atom. The van der Waals surface area contributed by atoms with Crippen LogP contribution < -0.4 is 5.73 Å². The first-order chi connectivity index (χ1) is 8.22. The molecule has 17 heavy (non-hydrogen) atoms. The highest BCUT2D eigenvalue weighted by Gasteiger charge is 2.35. The van der Waals surface area contributed by atoms with Gasteiger partial charge < -0.3 is 5.73 Å².